The van der Waals surface area contributed by atoms with Crippen LogP contribution in [0.2, 0.25) is 0 Å². The topological polar surface area (TPSA) is 70.4 Å². The highest BCUT2D eigenvalue weighted by Gasteiger charge is 2.46. The van der Waals surface area contributed by atoms with Crippen molar-refractivity contribution in [1.29, 1.82) is 0 Å². The number of benzene rings is 1. The number of ether oxygens (including phenoxy) is 2. The Kier molecular flexibility index (Phi) is 6.55. The lowest BCUT2D eigenvalue weighted by atomic mass is 9.94. The second-order valence-corrected chi connectivity index (χ2v) is 10.8. The summed E-state index contributed by atoms with van der Waals surface area (Å²) in [6.07, 6.45) is -4.92. The van der Waals surface area contributed by atoms with Crippen LogP contribution in [0.1, 0.15) is 62.6 Å². The third kappa shape index (κ3) is 4.65. The molecule has 6 nitrogen and oxygen atoms in total. The molecule has 1 aliphatic heterocycles. The first-order chi connectivity index (χ1) is 14.4. The number of halogens is 3. The summed E-state index contributed by atoms with van der Waals surface area (Å²) < 4.78 is 77.7. The zero-order chi connectivity index (χ0) is 23.0. The Morgan fingerprint density at radius 2 is 2.03 bits per heavy atom. The van der Waals surface area contributed by atoms with Crippen LogP contribution in [0.5, 0.6) is 0 Å². The molecule has 172 valence electrons. The first-order valence-electron chi connectivity index (χ1n) is 9.99. The molecule has 1 aromatic carbocycles. The van der Waals surface area contributed by atoms with Gasteiger partial charge in [0.15, 0.2) is 9.84 Å². The standard InChI is InChI=1S/C21H27F3N2O4S/c1-14(2)17-11-18(26(25-17)13-29-4)19-12-20(3,8-9-30-19)31(27,28)16-7-5-6-15(10-16)21(22,23)24/h5-7,10-11,14,19H,8-9,12-13H2,1-4H3. The molecule has 3 rings (SSSR count). The molecule has 0 bridgehead atoms. The van der Waals surface area contributed by atoms with Crippen LogP contribution in [-0.2, 0) is 32.2 Å². The van der Waals surface area contributed by atoms with Crippen LogP contribution in [0, 0.1) is 0 Å². The zero-order valence-corrected chi connectivity index (χ0v) is 18.8. The summed E-state index contributed by atoms with van der Waals surface area (Å²) in [5.74, 6) is 0.153. The first-order valence-corrected chi connectivity index (χ1v) is 11.5. The number of rotatable bonds is 6. The van der Waals surface area contributed by atoms with E-state index in [1.807, 2.05) is 19.9 Å². The quantitative estimate of drug-likeness (QED) is 0.624. The van der Waals surface area contributed by atoms with Gasteiger partial charge in [-0.2, -0.15) is 18.3 Å². The van der Waals surface area contributed by atoms with Gasteiger partial charge in [-0.05, 0) is 49.9 Å². The Bertz CT molecular complexity index is 1030. The van der Waals surface area contributed by atoms with Gasteiger partial charge in [0, 0.05) is 13.7 Å². The maximum Gasteiger partial charge on any atom is 0.416 e. The van der Waals surface area contributed by atoms with Gasteiger partial charge in [-0.25, -0.2) is 13.1 Å². The molecule has 2 unspecified atom stereocenters. The molecule has 0 radical (unpaired) electrons. The molecule has 2 aromatic rings. The molecule has 10 heteroatoms. The number of nitrogens with zero attached hydrogens (tertiary/aromatic N) is 2. The number of aromatic nitrogens is 2. The van der Waals surface area contributed by atoms with Gasteiger partial charge in [0.1, 0.15) is 12.8 Å². The summed E-state index contributed by atoms with van der Waals surface area (Å²) in [5, 5.41) is 4.52. The van der Waals surface area contributed by atoms with Crippen molar-refractivity contribution in [3.05, 3.63) is 47.3 Å². The zero-order valence-electron chi connectivity index (χ0n) is 17.9. The lowest BCUT2D eigenvalue weighted by Crippen LogP contribution is -2.42. The lowest BCUT2D eigenvalue weighted by Gasteiger charge is -2.37. The second kappa shape index (κ2) is 8.55. The molecule has 1 aromatic heterocycles. The first kappa shape index (κ1) is 23.7. The fourth-order valence-electron chi connectivity index (χ4n) is 3.75. The number of hydrogen-bond acceptors (Lipinski definition) is 5. The van der Waals surface area contributed by atoms with Crippen molar-refractivity contribution in [3.8, 4) is 0 Å². The van der Waals surface area contributed by atoms with Crippen LogP contribution in [0.4, 0.5) is 13.2 Å². The van der Waals surface area contributed by atoms with Crippen LogP contribution in [0.15, 0.2) is 35.2 Å². The average molecular weight is 461 g/mol. The van der Waals surface area contributed by atoms with E-state index in [9.17, 15) is 21.6 Å². The molecular weight excluding hydrogens is 433 g/mol. The van der Waals surface area contributed by atoms with Crippen LogP contribution < -0.4 is 0 Å². The smallest absolute Gasteiger partial charge is 0.372 e. The van der Waals surface area contributed by atoms with Gasteiger partial charge in [0.25, 0.3) is 0 Å². The Labute approximate surface area is 180 Å². The number of alkyl halides is 3. The van der Waals surface area contributed by atoms with Crippen molar-refractivity contribution in [3.63, 3.8) is 0 Å². The van der Waals surface area contributed by atoms with Gasteiger partial charge < -0.3 is 9.47 Å². The van der Waals surface area contributed by atoms with E-state index in [-0.39, 0.29) is 37.0 Å². The normalized spacial score (nSPS) is 22.8. The van der Waals surface area contributed by atoms with E-state index in [0.717, 1.165) is 17.8 Å². The summed E-state index contributed by atoms with van der Waals surface area (Å²) in [7, 11) is -2.53. The van der Waals surface area contributed by atoms with E-state index in [4.69, 9.17) is 9.47 Å². The molecule has 1 saturated heterocycles. The van der Waals surface area contributed by atoms with E-state index < -0.39 is 32.4 Å². The third-order valence-corrected chi connectivity index (χ3v) is 8.23. The molecule has 2 atom stereocenters. The Balaban J connectivity index is 1.97. The number of hydrogen-bond donors (Lipinski definition) is 0. The SMILES string of the molecule is COCn1nc(C(C)C)cc1C1CC(C)(S(=O)(=O)c2cccc(C(F)(F)F)c2)CCO1. The predicted molar refractivity (Wildman–Crippen MR) is 108 cm³/mol. The molecule has 2 heterocycles. The Morgan fingerprint density at radius 1 is 1.32 bits per heavy atom. The van der Waals surface area contributed by atoms with Gasteiger partial charge in [-0.1, -0.05) is 19.9 Å². The van der Waals surface area contributed by atoms with E-state index >= 15 is 0 Å². The van der Waals surface area contributed by atoms with Gasteiger partial charge in [0.05, 0.1) is 26.6 Å². The summed E-state index contributed by atoms with van der Waals surface area (Å²) in [4.78, 5) is -0.334. The van der Waals surface area contributed by atoms with Crippen LogP contribution >= 0.6 is 0 Å². The maximum atomic E-state index is 13.4. The highest BCUT2D eigenvalue weighted by Crippen LogP contribution is 2.43. The van der Waals surface area contributed by atoms with Crippen molar-refractivity contribution in [2.75, 3.05) is 13.7 Å². The Morgan fingerprint density at radius 3 is 2.65 bits per heavy atom. The molecule has 0 spiro atoms. The van der Waals surface area contributed by atoms with Gasteiger partial charge in [-0.3, -0.25) is 0 Å². The van der Waals surface area contributed by atoms with Crippen molar-refractivity contribution >= 4 is 9.84 Å². The van der Waals surface area contributed by atoms with Crippen LogP contribution in [0.25, 0.3) is 0 Å². The van der Waals surface area contributed by atoms with Crippen LogP contribution in [-0.4, -0.2) is 36.7 Å². The molecule has 1 aliphatic rings. The number of sulfone groups is 1. The van der Waals surface area contributed by atoms with Crippen molar-refractivity contribution < 1.29 is 31.1 Å². The largest absolute Gasteiger partial charge is 0.416 e. The van der Waals surface area contributed by atoms with E-state index in [1.54, 1.807) is 11.6 Å². The molecule has 0 amide bonds. The summed E-state index contributed by atoms with van der Waals surface area (Å²) in [6.45, 7) is 5.90. The molecular formula is C21H27F3N2O4S. The molecule has 1 fully saturated rings. The van der Waals surface area contributed by atoms with Crippen molar-refractivity contribution in [2.24, 2.45) is 0 Å². The van der Waals surface area contributed by atoms with Gasteiger partial charge in [-0.15, -0.1) is 0 Å². The minimum atomic E-state index is -4.62. The monoisotopic (exact) mass is 460 g/mol. The van der Waals surface area contributed by atoms with Crippen molar-refractivity contribution in [1.82, 2.24) is 9.78 Å². The van der Waals surface area contributed by atoms with Crippen LogP contribution in [0.3, 0.4) is 0 Å². The molecule has 31 heavy (non-hydrogen) atoms. The summed E-state index contributed by atoms with van der Waals surface area (Å²) in [6, 6.07) is 5.78. The van der Waals surface area contributed by atoms with E-state index in [1.165, 1.54) is 13.2 Å². The molecule has 0 aliphatic carbocycles. The van der Waals surface area contributed by atoms with E-state index in [0.29, 0.717) is 11.8 Å². The summed E-state index contributed by atoms with van der Waals surface area (Å²) in [5.41, 5.74) is 0.528. The minimum Gasteiger partial charge on any atom is -0.372 e. The van der Waals surface area contributed by atoms with Gasteiger partial charge in [0.2, 0.25) is 0 Å². The highest BCUT2D eigenvalue weighted by atomic mass is 32.2. The maximum absolute atomic E-state index is 13.4. The van der Waals surface area contributed by atoms with Crippen molar-refractivity contribution in [2.45, 2.75) is 68.2 Å². The molecule has 0 N–H and O–H groups in total. The predicted octanol–water partition coefficient (Wildman–Crippen LogP) is 4.71. The summed E-state index contributed by atoms with van der Waals surface area (Å²) >= 11 is 0. The average Bonchev–Trinajstić information content (AvgIpc) is 3.12. The minimum absolute atomic E-state index is 0.0958. The second-order valence-electron chi connectivity index (χ2n) is 8.36. The fraction of sp³-hybridized carbons (Fsp3) is 0.571. The Hall–Kier alpha value is -1.91. The lowest BCUT2D eigenvalue weighted by molar-refractivity contribution is -0.137. The number of methoxy groups -OCH3 is 1. The fourth-order valence-corrected chi connectivity index (χ4v) is 5.58. The third-order valence-electron chi connectivity index (χ3n) is 5.69. The van der Waals surface area contributed by atoms with E-state index in [2.05, 4.69) is 5.10 Å². The highest BCUT2D eigenvalue weighted by molar-refractivity contribution is 7.92. The molecule has 0 saturated carbocycles. The van der Waals surface area contributed by atoms with Gasteiger partial charge >= 0.3 is 6.18 Å².